The second-order valence-electron chi connectivity index (χ2n) is 8.20. The van der Waals surface area contributed by atoms with Crippen LogP contribution in [-0.2, 0) is 24.2 Å². The number of fused-ring (bicyclic) bond motifs is 4. The Kier molecular flexibility index (Phi) is 4.87. The zero-order chi connectivity index (χ0) is 22.4. The molecule has 0 saturated heterocycles. The maximum Gasteiger partial charge on any atom is 0.263 e. The van der Waals surface area contributed by atoms with Crippen LogP contribution in [0.1, 0.15) is 23.3 Å². The first-order chi connectivity index (χ1) is 16.2. The van der Waals surface area contributed by atoms with E-state index >= 15 is 0 Å². The van der Waals surface area contributed by atoms with Crippen molar-refractivity contribution in [3.05, 3.63) is 69.3 Å². The summed E-state index contributed by atoms with van der Waals surface area (Å²) >= 11 is 1.61. The Bertz CT molecular complexity index is 1440. The van der Waals surface area contributed by atoms with Crippen LogP contribution in [0.3, 0.4) is 0 Å². The fraction of sp³-hybridized carbons (Fsp3) is 0.240. The number of carbonyl (C=O) groups is 1. The number of aromatic nitrogens is 2. The third kappa shape index (κ3) is 3.56. The first-order valence-electron chi connectivity index (χ1n) is 11.0. The Labute approximate surface area is 193 Å². The molecule has 6 rings (SSSR count). The van der Waals surface area contributed by atoms with Crippen molar-refractivity contribution in [2.75, 3.05) is 12.1 Å². The van der Waals surface area contributed by atoms with Crippen molar-refractivity contribution in [2.24, 2.45) is 0 Å². The van der Waals surface area contributed by atoms with E-state index in [0.29, 0.717) is 28.4 Å². The van der Waals surface area contributed by atoms with Crippen LogP contribution >= 0.6 is 11.3 Å². The molecule has 0 radical (unpaired) electrons. The molecule has 0 spiro atoms. The van der Waals surface area contributed by atoms with E-state index in [-0.39, 0.29) is 24.8 Å². The molecule has 1 amide bonds. The number of anilines is 1. The highest BCUT2D eigenvalue weighted by molar-refractivity contribution is 7.18. The molecule has 166 valence electrons. The molecule has 0 atom stereocenters. The average Bonchev–Trinajstić information content (AvgIpc) is 3.45. The van der Waals surface area contributed by atoms with Crippen LogP contribution in [0.2, 0.25) is 0 Å². The van der Waals surface area contributed by atoms with Crippen LogP contribution in [0.15, 0.2) is 53.3 Å². The maximum atomic E-state index is 13.7. The summed E-state index contributed by atoms with van der Waals surface area (Å²) in [5, 5.41) is 3.54. The lowest BCUT2D eigenvalue weighted by Crippen LogP contribution is -2.30. The van der Waals surface area contributed by atoms with Crippen LogP contribution in [0.4, 0.5) is 5.69 Å². The topological polar surface area (TPSA) is 82.5 Å². The standard InChI is InChI=1S/C25H21N3O4S/c29-21(26-16-10-11-18-19(12-16)32-14-31-18)13-28-23(15-6-2-1-3-7-15)27-24-22(25(28)30)17-8-4-5-9-20(17)33-24/h1-3,6-7,10-12H,4-5,8-9,13-14H2,(H,26,29). The van der Waals surface area contributed by atoms with E-state index in [0.717, 1.165) is 41.6 Å². The zero-order valence-electron chi connectivity index (χ0n) is 17.8. The number of rotatable bonds is 4. The van der Waals surface area contributed by atoms with Gasteiger partial charge in [-0.15, -0.1) is 11.3 Å². The first-order valence-corrected chi connectivity index (χ1v) is 11.8. The van der Waals surface area contributed by atoms with Crippen molar-refractivity contribution < 1.29 is 14.3 Å². The van der Waals surface area contributed by atoms with Crippen LogP contribution in [0.25, 0.3) is 21.6 Å². The lowest BCUT2D eigenvalue weighted by atomic mass is 9.97. The normalized spacial score (nSPS) is 14.3. The number of nitrogens with one attached hydrogen (secondary N) is 1. The molecule has 0 unspecified atom stereocenters. The van der Waals surface area contributed by atoms with Gasteiger partial charge in [0.25, 0.3) is 5.56 Å². The lowest BCUT2D eigenvalue weighted by molar-refractivity contribution is -0.116. The number of hydrogen-bond acceptors (Lipinski definition) is 6. The summed E-state index contributed by atoms with van der Waals surface area (Å²) in [6.45, 7) is 0.0320. The molecule has 1 aliphatic heterocycles. The Morgan fingerprint density at radius 3 is 2.76 bits per heavy atom. The highest BCUT2D eigenvalue weighted by atomic mass is 32.1. The molecule has 0 fully saturated rings. The Balaban J connectivity index is 1.41. The van der Waals surface area contributed by atoms with Crippen LogP contribution < -0.4 is 20.3 Å². The predicted octanol–water partition coefficient (Wildman–Crippen LogP) is 4.37. The van der Waals surface area contributed by atoms with Gasteiger partial charge >= 0.3 is 0 Å². The third-order valence-electron chi connectivity index (χ3n) is 6.06. The summed E-state index contributed by atoms with van der Waals surface area (Å²) in [5.41, 5.74) is 2.35. The number of thiophene rings is 1. The quantitative estimate of drug-likeness (QED) is 0.490. The van der Waals surface area contributed by atoms with Crippen molar-refractivity contribution >= 4 is 33.1 Å². The number of aryl methyl sites for hydroxylation is 2. The van der Waals surface area contributed by atoms with E-state index in [1.165, 1.54) is 9.44 Å². The Morgan fingerprint density at radius 1 is 1.06 bits per heavy atom. The minimum Gasteiger partial charge on any atom is -0.454 e. The molecule has 7 nitrogen and oxygen atoms in total. The SMILES string of the molecule is O=C(Cn1c(-c2ccccc2)nc2sc3c(c2c1=O)CCCC3)Nc1ccc2c(c1)OCO2. The molecule has 1 N–H and O–H groups in total. The van der Waals surface area contributed by atoms with Crippen molar-refractivity contribution in [1.82, 2.24) is 9.55 Å². The highest BCUT2D eigenvalue weighted by Crippen LogP contribution is 2.35. The zero-order valence-corrected chi connectivity index (χ0v) is 18.6. The largest absolute Gasteiger partial charge is 0.454 e. The summed E-state index contributed by atoms with van der Waals surface area (Å²) in [5.74, 6) is 1.43. The van der Waals surface area contributed by atoms with E-state index in [1.54, 1.807) is 29.5 Å². The van der Waals surface area contributed by atoms with Crippen LogP contribution in [0, 0.1) is 0 Å². The van der Waals surface area contributed by atoms with Gasteiger partial charge in [-0.1, -0.05) is 30.3 Å². The maximum absolute atomic E-state index is 13.7. The summed E-state index contributed by atoms with van der Waals surface area (Å²) in [7, 11) is 0. The van der Waals surface area contributed by atoms with E-state index < -0.39 is 0 Å². The predicted molar refractivity (Wildman–Crippen MR) is 127 cm³/mol. The molecular weight excluding hydrogens is 438 g/mol. The molecule has 0 saturated carbocycles. The average molecular weight is 460 g/mol. The first kappa shape index (κ1) is 20.0. The van der Waals surface area contributed by atoms with Gasteiger partial charge in [-0.05, 0) is 43.4 Å². The summed E-state index contributed by atoms with van der Waals surface area (Å²) in [4.78, 5) is 33.6. The lowest BCUT2D eigenvalue weighted by Gasteiger charge is -2.14. The molecule has 2 aromatic carbocycles. The van der Waals surface area contributed by atoms with Gasteiger partial charge in [-0.25, -0.2) is 4.98 Å². The fourth-order valence-electron chi connectivity index (χ4n) is 4.51. The number of hydrogen-bond donors (Lipinski definition) is 1. The van der Waals surface area contributed by atoms with Gasteiger partial charge in [0.05, 0.1) is 5.39 Å². The van der Waals surface area contributed by atoms with Crippen molar-refractivity contribution in [3.63, 3.8) is 0 Å². The van der Waals surface area contributed by atoms with Crippen LogP contribution in [-0.4, -0.2) is 22.3 Å². The molecule has 33 heavy (non-hydrogen) atoms. The molecule has 2 aliphatic rings. The number of benzene rings is 2. The van der Waals surface area contributed by atoms with Gasteiger partial charge in [0.1, 0.15) is 17.2 Å². The van der Waals surface area contributed by atoms with Gasteiger partial charge in [0.2, 0.25) is 12.7 Å². The summed E-state index contributed by atoms with van der Waals surface area (Å²) < 4.78 is 12.2. The number of carbonyl (C=O) groups excluding carboxylic acids is 1. The second kappa shape index (κ2) is 8.04. The van der Waals surface area contributed by atoms with Gasteiger partial charge in [-0.2, -0.15) is 0 Å². The van der Waals surface area contributed by atoms with Gasteiger partial charge in [-0.3, -0.25) is 14.2 Å². The third-order valence-corrected chi connectivity index (χ3v) is 7.25. The minimum atomic E-state index is -0.307. The molecule has 1 aliphatic carbocycles. The van der Waals surface area contributed by atoms with Gasteiger partial charge in [0.15, 0.2) is 11.5 Å². The van der Waals surface area contributed by atoms with Crippen molar-refractivity contribution in [3.8, 4) is 22.9 Å². The van der Waals surface area contributed by atoms with E-state index in [9.17, 15) is 9.59 Å². The summed E-state index contributed by atoms with van der Waals surface area (Å²) in [6, 6.07) is 14.8. The Morgan fingerprint density at radius 2 is 1.88 bits per heavy atom. The highest BCUT2D eigenvalue weighted by Gasteiger charge is 2.23. The Hall–Kier alpha value is -3.65. The van der Waals surface area contributed by atoms with Crippen molar-refractivity contribution in [2.45, 2.75) is 32.2 Å². The molecule has 8 heteroatoms. The second-order valence-corrected chi connectivity index (χ2v) is 9.28. The van der Waals surface area contributed by atoms with E-state index in [2.05, 4.69) is 5.32 Å². The number of amides is 1. The van der Waals surface area contributed by atoms with E-state index in [4.69, 9.17) is 14.5 Å². The number of ether oxygens (including phenoxy) is 2. The summed E-state index contributed by atoms with van der Waals surface area (Å²) in [6.07, 6.45) is 4.09. The van der Waals surface area contributed by atoms with Crippen LogP contribution in [0.5, 0.6) is 11.5 Å². The molecule has 0 bridgehead atoms. The number of nitrogens with zero attached hydrogens (tertiary/aromatic N) is 2. The smallest absolute Gasteiger partial charge is 0.263 e. The fourth-order valence-corrected chi connectivity index (χ4v) is 5.76. The van der Waals surface area contributed by atoms with Gasteiger partial charge < -0.3 is 14.8 Å². The molecular formula is C25H21N3O4S. The molecule has 3 heterocycles. The van der Waals surface area contributed by atoms with Gasteiger partial charge in [0, 0.05) is 22.2 Å². The molecule has 4 aromatic rings. The van der Waals surface area contributed by atoms with E-state index in [1.807, 2.05) is 30.3 Å². The monoisotopic (exact) mass is 459 g/mol. The molecule has 2 aromatic heterocycles. The minimum absolute atomic E-state index is 0.134. The van der Waals surface area contributed by atoms with Crippen molar-refractivity contribution in [1.29, 1.82) is 0 Å².